The highest BCUT2D eigenvalue weighted by molar-refractivity contribution is 7.98. The molecule has 9 heteroatoms. The summed E-state index contributed by atoms with van der Waals surface area (Å²) in [7, 11) is 0. The molecule has 0 aliphatic rings. The zero-order valence-corrected chi connectivity index (χ0v) is 13.8. The number of carboxylic acids is 1. The number of aliphatic carboxylic acids is 1. The summed E-state index contributed by atoms with van der Waals surface area (Å²) in [6.07, 6.45) is 3.63. The molecule has 0 fully saturated rings. The average molecular weight is 351 g/mol. The Hall–Kier alpha value is -2.55. The minimum Gasteiger partial charge on any atom is -0.480 e. The van der Waals surface area contributed by atoms with Crippen molar-refractivity contribution in [3.05, 3.63) is 40.9 Å². The molecule has 0 bridgehead atoms. The largest absolute Gasteiger partial charge is 0.480 e. The Morgan fingerprint density at radius 2 is 2.21 bits per heavy atom. The summed E-state index contributed by atoms with van der Waals surface area (Å²) in [4.78, 5) is 35.0. The fourth-order valence-electron chi connectivity index (χ4n) is 1.99. The summed E-state index contributed by atoms with van der Waals surface area (Å²) in [6, 6.07) is 5.14. The van der Waals surface area contributed by atoms with Gasteiger partial charge < -0.3 is 14.8 Å². The highest BCUT2D eigenvalue weighted by Crippen LogP contribution is 2.14. The number of carboxylic acid groups (broad SMARTS) is 1. The fraction of sp³-hybridized carbons (Fsp3) is 0.333. The molecule has 0 aliphatic carbocycles. The second-order valence-corrected chi connectivity index (χ2v) is 5.92. The van der Waals surface area contributed by atoms with Crippen molar-refractivity contribution in [3.63, 3.8) is 0 Å². The number of amides is 1. The van der Waals surface area contributed by atoms with Crippen LogP contribution in [0.2, 0.25) is 0 Å². The van der Waals surface area contributed by atoms with Gasteiger partial charge in [-0.3, -0.25) is 9.59 Å². The topological polar surface area (TPSA) is 114 Å². The van der Waals surface area contributed by atoms with Gasteiger partial charge in [0.05, 0.1) is 6.26 Å². The zero-order chi connectivity index (χ0) is 17.5. The van der Waals surface area contributed by atoms with E-state index in [0.29, 0.717) is 23.6 Å². The molecule has 2 heterocycles. The van der Waals surface area contributed by atoms with E-state index in [-0.39, 0.29) is 6.54 Å². The number of nitrogens with one attached hydrogen (secondary N) is 1. The molecule has 0 saturated heterocycles. The van der Waals surface area contributed by atoms with Crippen LogP contribution < -0.4 is 10.9 Å². The van der Waals surface area contributed by atoms with Crippen LogP contribution in [0, 0.1) is 0 Å². The maximum absolute atomic E-state index is 12.0. The summed E-state index contributed by atoms with van der Waals surface area (Å²) in [5.74, 6) is -0.632. The van der Waals surface area contributed by atoms with Crippen molar-refractivity contribution in [1.82, 2.24) is 15.1 Å². The molecule has 0 aromatic carbocycles. The van der Waals surface area contributed by atoms with Crippen LogP contribution in [0.4, 0.5) is 0 Å². The van der Waals surface area contributed by atoms with E-state index in [4.69, 9.17) is 9.52 Å². The van der Waals surface area contributed by atoms with Crippen LogP contribution in [0.3, 0.4) is 0 Å². The van der Waals surface area contributed by atoms with E-state index in [1.54, 1.807) is 12.1 Å². The quantitative estimate of drug-likeness (QED) is 0.724. The Morgan fingerprint density at radius 3 is 2.83 bits per heavy atom. The van der Waals surface area contributed by atoms with E-state index in [9.17, 15) is 14.4 Å². The molecular formula is C15H17N3O5S. The molecule has 24 heavy (non-hydrogen) atoms. The second kappa shape index (κ2) is 8.34. The number of hydrogen-bond donors (Lipinski definition) is 2. The van der Waals surface area contributed by atoms with Gasteiger partial charge in [0.1, 0.15) is 18.3 Å². The van der Waals surface area contributed by atoms with Gasteiger partial charge in [0.2, 0.25) is 5.91 Å². The first-order valence-corrected chi connectivity index (χ1v) is 8.54. The van der Waals surface area contributed by atoms with E-state index < -0.39 is 23.5 Å². The number of nitrogens with zero attached hydrogens (tertiary/aromatic N) is 2. The number of furan rings is 1. The van der Waals surface area contributed by atoms with Gasteiger partial charge in [-0.25, -0.2) is 9.48 Å². The third kappa shape index (κ3) is 4.72. The SMILES string of the molecule is CSCC[C@@H](NC(=O)Cn1nc(-c2ccco2)ccc1=O)C(=O)O. The number of rotatable bonds is 8. The molecule has 0 spiro atoms. The van der Waals surface area contributed by atoms with Crippen LogP contribution in [0.5, 0.6) is 0 Å². The standard InChI is InChI=1S/C15H17N3O5S/c1-24-8-6-11(15(21)22)16-13(19)9-18-14(20)5-4-10(17-18)12-3-2-7-23-12/h2-5,7,11H,6,8-9H2,1H3,(H,16,19)(H,21,22)/t11-/m1/s1. The van der Waals surface area contributed by atoms with Crippen molar-refractivity contribution >= 4 is 23.6 Å². The molecule has 0 radical (unpaired) electrons. The molecular weight excluding hydrogens is 334 g/mol. The van der Waals surface area contributed by atoms with Crippen molar-refractivity contribution in [2.45, 2.75) is 19.0 Å². The summed E-state index contributed by atoms with van der Waals surface area (Å²) in [6.45, 7) is -0.365. The smallest absolute Gasteiger partial charge is 0.326 e. The van der Waals surface area contributed by atoms with Gasteiger partial charge in [0.25, 0.3) is 5.56 Å². The molecule has 0 saturated carbocycles. The van der Waals surface area contributed by atoms with Gasteiger partial charge in [0, 0.05) is 6.07 Å². The number of carbonyl (C=O) groups excluding carboxylic acids is 1. The molecule has 2 aromatic rings. The Balaban J connectivity index is 2.09. The van der Waals surface area contributed by atoms with Crippen molar-refractivity contribution in [2.24, 2.45) is 0 Å². The Morgan fingerprint density at radius 1 is 1.42 bits per heavy atom. The van der Waals surface area contributed by atoms with Gasteiger partial charge in [-0.15, -0.1) is 0 Å². The predicted octanol–water partition coefficient (Wildman–Crippen LogP) is 0.826. The van der Waals surface area contributed by atoms with Crippen LogP contribution in [0.1, 0.15) is 6.42 Å². The van der Waals surface area contributed by atoms with Gasteiger partial charge in [-0.1, -0.05) is 0 Å². The molecule has 2 aromatic heterocycles. The maximum Gasteiger partial charge on any atom is 0.326 e. The molecule has 1 amide bonds. The first-order chi connectivity index (χ1) is 11.5. The Kier molecular flexibility index (Phi) is 6.19. The maximum atomic E-state index is 12.0. The van der Waals surface area contributed by atoms with Crippen molar-refractivity contribution in [3.8, 4) is 11.5 Å². The lowest BCUT2D eigenvalue weighted by atomic mass is 10.2. The molecule has 8 nitrogen and oxygen atoms in total. The molecule has 0 unspecified atom stereocenters. The number of aromatic nitrogens is 2. The second-order valence-electron chi connectivity index (χ2n) is 4.93. The van der Waals surface area contributed by atoms with E-state index in [1.165, 1.54) is 30.2 Å². The third-order valence-corrected chi connectivity index (χ3v) is 3.82. The number of carbonyl (C=O) groups is 2. The van der Waals surface area contributed by atoms with Crippen LogP contribution >= 0.6 is 11.8 Å². The van der Waals surface area contributed by atoms with Gasteiger partial charge >= 0.3 is 5.97 Å². The Bertz CT molecular complexity index is 757. The molecule has 2 N–H and O–H groups in total. The van der Waals surface area contributed by atoms with E-state index in [2.05, 4.69) is 10.4 Å². The van der Waals surface area contributed by atoms with Crippen LogP contribution in [-0.4, -0.2) is 44.8 Å². The average Bonchev–Trinajstić information content (AvgIpc) is 3.07. The van der Waals surface area contributed by atoms with E-state index in [1.807, 2.05) is 6.26 Å². The van der Waals surface area contributed by atoms with Crippen LogP contribution in [0.15, 0.2) is 39.7 Å². The lowest BCUT2D eigenvalue weighted by Crippen LogP contribution is -2.44. The lowest BCUT2D eigenvalue weighted by Gasteiger charge is -2.14. The molecule has 1 atom stereocenters. The molecule has 128 valence electrons. The van der Waals surface area contributed by atoms with E-state index in [0.717, 1.165) is 4.68 Å². The summed E-state index contributed by atoms with van der Waals surface area (Å²) < 4.78 is 6.17. The number of hydrogen-bond acceptors (Lipinski definition) is 6. The van der Waals surface area contributed by atoms with Crippen LogP contribution in [-0.2, 0) is 16.1 Å². The highest BCUT2D eigenvalue weighted by atomic mass is 32.2. The van der Waals surface area contributed by atoms with Crippen molar-refractivity contribution in [2.75, 3.05) is 12.0 Å². The number of thioether (sulfide) groups is 1. The normalized spacial score (nSPS) is 11.9. The zero-order valence-electron chi connectivity index (χ0n) is 13.0. The van der Waals surface area contributed by atoms with E-state index >= 15 is 0 Å². The monoisotopic (exact) mass is 351 g/mol. The predicted molar refractivity (Wildman–Crippen MR) is 88.8 cm³/mol. The minimum atomic E-state index is -1.11. The van der Waals surface area contributed by atoms with Gasteiger partial charge in [-0.2, -0.15) is 16.9 Å². The van der Waals surface area contributed by atoms with Crippen molar-refractivity contribution < 1.29 is 19.1 Å². The molecule has 0 aliphatic heterocycles. The Labute approximate surface area is 141 Å². The van der Waals surface area contributed by atoms with Crippen LogP contribution in [0.25, 0.3) is 11.5 Å². The fourth-order valence-corrected chi connectivity index (χ4v) is 2.46. The van der Waals surface area contributed by atoms with Crippen molar-refractivity contribution in [1.29, 1.82) is 0 Å². The first kappa shape index (κ1) is 17.8. The minimum absolute atomic E-state index is 0.303. The summed E-state index contributed by atoms with van der Waals surface area (Å²) in [5, 5.41) is 15.6. The molecule has 2 rings (SSSR count). The summed E-state index contributed by atoms with van der Waals surface area (Å²) >= 11 is 1.49. The lowest BCUT2D eigenvalue weighted by molar-refractivity contribution is -0.142. The first-order valence-electron chi connectivity index (χ1n) is 7.14. The highest BCUT2D eigenvalue weighted by Gasteiger charge is 2.20. The van der Waals surface area contributed by atoms with Gasteiger partial charge in [0.15, 0.2) is 5.76 Å². The third-order valence-electron chi connectivity index (χ3n) is 3.18. The van der Waals surface area contributed by atoms with Gasteiger partial charge in [-0.05, 0) is 36.6 Å². The summed E-state index contributed by atoms with van der Waals surface area (Å²) in [5.41, 5.74) is -0.0546.